The molecular formula is C22H23N3O2. The Kier molecular flexibility index (Phi) is 4.07. The number of imidazole rings is 1. The summed E-state index contributed by atoms with van der Waals surface area (Å²) in [7, 11) is 0. The Morgan fingerprint density at radius 3 is 2.67 bits per heavy atom. The van der Waals surface area contributed by atoms with E-state index >= 15 is 0 Å². The minimum atomic E-state index is 0.277. The lowest BCUT2D eigenvalue weighted by Crippen LogP contribution is -2.06. The van der Waals surface area contributed by atoms with Crippen molar-refractivity contribution in [2.45, 2.75) is 44.9 Å². The van der Waals surface area contributed by atoms with Crippen LogP contribution in [0, 0.1) is 6.92 Å². The number of nitrogens with one attached hydrogen (secondary N) is 1. The number of nitrogens with zero attached hydrogens (tertiary/aromatic N) is 2. The van der Waals surface area contributed by atoms with E-state index in [1.807, 2.05) is 43.3 Å². The second-order valence-corrected chi connectivity index (χ2v) is 7.41. The van der Waals surface area contributed by atoms with Crippen molar-refractivity contribution in [2.24, 2.45) is 0 Å². The predicted octanol–water partition coefficient (Wildman–Crippen LogP) is 5.22. The molecule has 1 aliphatic carbocycles. The number of benzene rings is 1. The van der Waals surface area contributed by atoms with Crippen LogP contribution in [0.2, 0.25) is 0 Å². The minimum Gasteiger partial charge on any atom is -0.454 e. The van der Waals surface area contributed by atoms with Gasteiger partial charge in [-0.2, -0.15) is 0 Å². The summed E-state index contributed by atoms with van der Waals surface area (Å²) in [4.78, 5) is 13.4. The predicted molar refractivity (Wildman–Crippen MR) is 104 cm³/mol. The molecule has 5 rings (SSSR count). The fourth-order valence-electron chi connectivity index (χ4n) is 4.08. The maximum atomic E-state index is 5.57. The van der Waals surface area contributed by atoms with Crippen LogP contribution in [0.4, 0.5) is 0 Å². The first-order valence-corrected chi connectivity index (χ1v) is 9.72. The van der Waals surface area contributed by atoms with Crippen LogP contribution in [-0.4, -0.2) is 21.7 Å². The molecule has 0 radical (unpaired) electrons. The normalized spacial score (nSPS) is 16.6. The summed E-state index contributed by atoms with van der Waals surface area (Å²) in [5, 5.41) is 0. The van der Waals surface area contributed by atoms with Crippen molar-refractivity contribution in [3.8, 4) is 34.1 Å². The zero-order valence-electron chi connectivity index (χ0n) is 15.5. The van der Waals surface area contributed by atoms with E-state index in [2.05, 4.69) is 4.98 Å². The Morgan fingerprint density at radius 2 is 1.81 bits per heavy atom. The van der Waals surface area contributed by atoms with Crippen LogP contribution in [-0.2, 0) is 0 Å². The van der Waals surface area contributed by atoms with Gasteiger partial charge in [0.25, 0.3) is 0 Å². The fourth-order valence-corrected chi connectivity index (χ4v) is 4.08. The average molecular weight is 361 g/mol. The van der Waals surface area contributed by atoms with Gasteiger partial charge in [0.2, 0.25) is 6.79 Å². The van der Waals surface area contributed by atoms with E-state index in [1.165, 1.54) is 32.1 Å². The van der Waals surface area contributed by atoms with Gasteiger partial charge in [0.15, 0.2) is 11.5 Å². The number of aromatic nitrogens is 3. The van der Waals surface area contributed by atoms with E-state index in [-0.39, 0.29) is 6.79 Å². The third kappa shape index (κ3) is 3.07. The SMILES string of the molecule is Cc1cccc(-c2[nH]c(C3CCCCC3)nc2-c2ccc3c(c2)OCO3)n1. The fraction of sp³-hybridized carbons (Fsp3) is 0.364. The second kappa shape index (κ2) is 6.72. The molecule has 0 atom stereocenters. The van der Waals surface area contributed by atoms with Crippen molar-refractivity contribution in [1.29, 1.82) is 0 Å². The van der Waals surface area contributed by atoms with E-state index in [0.717, 1.165) is 45.7 Å². The lowest BCUT2D eigenvalue weighted by atomic mass is 9.89. The third-order valence-corrected chi connectivity index (χ3v) is 5.50. The van der Waals surface area contributed by atoms with Crippen LogP contribution in [0.15, 0.2) is 36.4 Å². The zero-order valence-corrected chi connectivity index (χ0v) is 15.5. The summed E-state index contributed by atoms with van der Waals surface area (Å²) in [6.07, 6.45) is 6.30. The summed E-state index contributed by atoms with van der Waals surface area (Å²) in [5.74, 6) is 3.15. The Hall–Kier alpha value is -2.82. The number of hydrogen-bond donors (Lipinski definition) is 1. The smallest absolute Gasteiger partial charge is 0.231 e. The molecule has 138 valence electrons. The first-order chi connectivity index (χ1) is 13.3. The highest BCUT2D eigenvalue weighted by Crippen LogP contribution is 2.40. The number of aromatic amines is 1. The van der Waals surface area contributed by atoms with Crippen molar-refractivity contribution >= 4 is 0 Å². The first-order valence-electron chi connectivity index (χ1n) is 9.72. The maximum absolute atomic E-state index is 5.57. The number of rotatable bonds is 3. The van der Waals surface area contributed by atoms with Gasteiger partial charge in [-0.25, -0.2) is 4.98 Å². The molecule has 3 heterocycles. The van der Waals surface area contributed by atoms with Gasteiger partial charge in [0.05, 0.1) is 17.1 Å². The lowest BCUT2D eigenvalue weighted by Gasteiger charge is -2.19. The Bertz CT molecular complexity index is 973. The molecule has 1 aromatic carbocycles. The molecule has 1 aliphatic heterocycles. The highest BCUT2D eigenvalue weighted by atomic mass is 16.7. The van der Waals surface area contributed by atoms with Crippen LogP contribution in [0.1, 0.15) is 49.5 Å². The summed E-state index contributed by atoms with van der Waals surface area (Å²) in [5.41, 5.74) is 4.87. The van der Waals surface area contributed by atoms with Crippen molar-refractivity contribution in [2.75, 3.05) is 6.79 Å². The maximum Gasteiger partial charge on any atom is 0.231 e. The van der Waals surface area contributed by atoms with Gasteiger partial charge in [-0.15, -0.1) is 0 Å². The largest absolute Gasteiger partial charge is 0.454 e. The van der Waals surface area contributed by atoms with Crippen LogP contribution in [0.25, 0.3) is 22.6 Å². The highest BCUT2D eigenvalue weighted by molar-refractivity contribution is 5.78. The van der Waals surface area contributed by atoms with Crippen molar-refractivity contribution < 1.29 is 9.47 Å². The van der Waals surface area contributed by atoms with Gasteiger partial charge >= 0.3 is 0 Å². The number of ether oxygens (including phenoxy) is 2. The van der Waals surface area contributed by atoms with E-state index in [9.17, 15) is 0 Å². The standard InChI is InChI=1S/C22H23N3O2/c1-14-6-5-9-17(23-14)21-20(16-10-11-18-19(12-16)27-13-26-18)24-22(25-21)15-7-3-2-4-8-15/h5-6,9-12,15H,2-4,7-8,13H2,1H3,(H,24,25). The molecule has 5 heteroatoms. The van der Waals surface area contributed by atoms with Crippen molar-refractivity contribution in [1.82, 2.24) is 15.0 Å². The van der Waals surface area contributed by atoms with E-state index < -0.39 is 0 Å². The Balaban J connectivity index is 1.62. The van der Waals surface area contributed by atoms with E-state index in [4.69, 9.17) is 19.4 Å². The molecule has 0 saturated heterocycles. The van der Waals surface area contributed by atoms with Gasteiger partial charge in [-0.3, -0.25) is 4.98 Å². The molecular weight excluding hydrogens is 338 g/mol. The molecule has 0 bridgehead atoms. The van der Waals surface area contributed by atoms with Gasteiger partial charge in [-0.1, -0.05) is 25.3 Å². The topological polar surface area (TPSA) is 60.0 Å². The highest BCUT2D eigenvalue weighted by Gasteiger charge is 2.24. The summed E-state index contributed by atoms with van der Waals surface area (Å²) in [6.45, 7) is 2.29. The monoisotopic (exact) mass is 361 g/mol. The van der Waals surface area contributed by atoms with E-state index in [1.54, 1.807) is 0 Å². The first kappa shape index (κ1) is 16.4. The van der Waals surface area contributed by atoms with Gasteiger partial charge < -0.3 is 14.5 Å². The van der Waals surface area contributed by atoms with Crippen LogP contribution in [0.5, 0.6) is 11.5 Å². The van der Waals surface area contributed by atoms with Crippen LogP contribution >= 0.6 is 0 Å². The number of fused-ring (bicyclic) bond motifs is 1. The Morgan fingerprint density at radius 1 is 0.963 bits per heavy atom. The van der Waals surface area contributed by atoms with Crippen LogP contribution in [0.3, 0.4) is 0 Å². The quantitative estimate of drug-likeness (QED) is 0.694. The minimum absolute atomic E-state index is 0.277. The summed E-state index contributed by atoms with van der Waals surface area (Å²) in [6, 6.07) is 12.1. The molecule has 2 aliphatic rings. The molecule has 1 saturated carbocycles. The second-order valence-electron chi connectivity index (χ2n) is 7.41. The number of pyridine rings is 1. The molecule has 0 amide bonds. The lowest BCUT2D eigenvalue weighted by molar-refractivity contribution is 0.174. The molecule has 27 heavy (non-hydrogen) atoms. The summed E-state index contributed by atoms with van der Waals surface area (Å²) < 4.78 is 11.0. The third-order valence-electron chi connectivity index (χ3n) is 5.50. The number of H-pyrrole nitrogens is 1. The number of aryl methyl sites for hydroxylation is 1. The molecule has 0 unspecified atom stereocenters. The van der Waals surface area contributed by atoms with Crippen molar-refractivity contribution in [3.63, 3.8) is 0 Å². The van der Waals surface area contributed by atoms with Gasteiger partial charge in [0, 0.05) is 17.2 Å². The molecule has 2 aromatic heterocycles. The van der Waals surface area contributed by atoms with Gasteiger partial charge in [0.1, 0.15) is 5.82 Å². The molecule has 0 spiro atoms. The zero-order chi connectivity index (χ0) is 18.2. The van der Waals surface area contributed by atoms with E-state index in [0.29, 0.717) is 5.92 Å². The average Bonchev–Trinajstić information content (AvgIpc) is 3.35. The molecule has 1 N–H and O–H groups in total. The molecule has 5 nitrogen and oxygen atoms in total. The number of hydrogen-bond acceptors (Lipinski definition) is 4. The summed E-state index contributed by atoms with van der Waals surface area (Å²) >= 11 is 0. The Labute approximate surface area is 158 Å². The van der Waals surface area contributed by atoms with Crippen molar-refractivity contribution in [3.05, 3.63) is 47.9 Å². The molecule has 1 fully saturated rings. The molecule has 3 aromatic rings. The van der Waals surface area contributed by atoms with Crippen LogP contribution < -0.4 is 9.47 Å². The van der Waals surface area contributed by atoms with Gasteiger partial charge in [-0.05, 0) is 50.1 Å².